The lowest BCUT2D eigenvalue weighted by Gasteiger charge is -2.56. The summed E-state index contributed by atoms with van der Waals surface area (Å²) in [5, 5.41) is 35.5. The number of nitrogens with one attached hydrogen (secondary N) is 2. The lowest BCUT2D eigenvalue weighted by molar-refractivity contribution is -0.193. The number of methoxy groups -OCH3 is 1. The number of carbonyl (C=O) groups excluding carboxylic acids is 2. The first-order valence-corrected chi connectivity index (χ1v) is 11.6. The van der Waals surface area contributed by atoms with E-state index >= 15 is 0 Å². The largest absolute Gasteiger partial charge is 0.477 e. The minimum absolute atomic E-state index is 0.169. The smallest absolute Gasteiger partial charge is 0.352 e. The number of aromatic amines is 1. The Morgan fingerprint density at radius 3 is 2.73 bits per heavy atom. The standard InChI is InChI=1S/C19H20N6O6S2/c1-9(33-18-21-23-24-22-18)11-8-32-17-19(31-2,16(30)25(17)12(11)15(28)29)20-14(27)13(26)10-6-4-3-5-7-10/h3-7,9,13,17,26H,8H2,1-2H3,(H,20,27)(H,28,29)(H,21,22,23,24)/t9?,13?,17-,19?/m1/s1. The zero-order chi connectivity index (χ0) is 23.8. The van der Waals surface area contributed by atoms with E-state index in [2.05, 4.69) is 25.9 Å². The van der Waals surface area contributed by atoms with Gasteiger partial charge in [-0.25, -0.2) is 4.79 Å². The monoisotopic (exact) mass is 492 g/mol. The fourth-order valence-electron chi connectivity index (χ4n) is 3.68. The molecular formula is C19H20N6O6S2. The van der Waals surface area contributed by atoms with E-state index in [-0.39, 0.29) is 16.7 Å². The fraction of sp³-hybridized carbons (Fsp3) is 0.368. The lowest BCUT2D eigenvalue weighted by atomic mass is 9.96. The van der Waals surface area contributed by atoms with Gasteiger partial charge in [-0.15, -0.1) is 22.0 Å². The molecule has 14 heteroatoms. The molecule has 1 aromatic carbocycles. The second kappa shape index (κ2) is 9.13. The van der Waals surface area contributed by atoms with Crippen molar-refractivity contribution in [3.05, 3.63) is 47.2 Å². The van der Waals surface area contributed by atoms with E-state index in [0.29, 0.717) is 16.3 Å². The molecule has 0 aliphatic carbocycles. The SMILES string of the molecule is COC1(NC(=O)C(O)c2ccccc2)C(=O)N2C(C(=O)O)=C(C(C)Sc3nn[nH]n3)CS[C@@H]21. The van der Waals surface area contributed by atoms with Crippen molar-refractivity contribution in [2.75, 3.05) is 12.9 Å². The first-order chi connectivity index (χ1) is 15.8. The van der Waals surface area contributed by atoms with E-state index in [4.69, 9.17) is 4.74 Å². The van der Waals surface area contributed by atoms with Crippen molar-refractivity contribution < 1.29 is 29.3 Å². The number of tetrazole rings is 1. The second-order valence-electron chi connectivity index (χ2n) is 7.21. The summed E-state index contributed by atoms with van der Waals surface area (Å²) in [6.07, 6.45) is -1.52. The molecule has 2 aliphatic rings. The van der Waals surface area contributed by atoms with Crippen LogP contribution in [-0.4, -0.2) is 82.7 Å². The molecule has 0 radical (unpaired) electrons. The topological polar surface area (TPSA) is 171 Å². The normalized spacial score (nSPS) is 24.0. The number of carboxylic acid groups (broad SMARTS) is 1. The van der Waals surface area contributed by atoms with Gasteiger partial charge in [-0.05, 0) is 23.3 Å². The number of β-lactam (4-membered cyclic amide) rings is 1. The average Bonchev–Trinajstić information content (AvgIpc) is 3.34. The summed E-state index contributed by atoms with van der Waals surface area (Å²) in [5.41, 5.74) is -1.11. The summed E-state index contributed by atoms with van der Waals surface area (Å²) in [5.74, 6) is -2.57. The summed E-state index contributed by atoms with van der Waals surface area (Å²) in [7, 11) is 1.25. The lowest BCUT2D eigenvalue weighted by Crippen LogP contribution is -2.81. The third-order valence-corrected chi connectivity index (χ3v) is 7.71. The number of thioether (sulfide) groups is 2. The van der Waals surface area contributed by atoms with Crippen molar-refractivity contribution in [3.63, 3.8) is 0 Å². The van der Waals surface area contributed by atoms with Gasteiger partial charge in [-0.3, -0.25) is 14.5 Å². The van der Waals surface area contributed by atoms with Crippen LogP contribution in [0.1, 0.15) is 18.6 Å². The number of H-pyrrole nitrogens is 1. The summed E-state index contributed by atoms with van der Waals surface area (Å²) in [6, 6.07) is 8.24. The van der Waals surface area contributed by atoms with Gasteiger partial charge < -0.3 is 20.3 Å². The number of carboxylic acids is 1. The molecule has 3 unspecified atom stereocenters. The highest BCUT2D eigenvalue weighted by atomic mass is 32.2. The van der Waals surface area contributed by atoms with E-state index in [0.717, 1.165) is 4.90 Å². The van der Waals surface area contributed by atoms with Gasteiger partial charge in [0, 0.05) is 18.1 Å². The van der Waals surface area contributed by atoms with Crippen LogP contribution in [0.2, 0.25) is 0 Å². The average molecular weight is 493 g/mol. The van der Waals surface area contributed by atoms with E-state index in [1.807, 2.05) is 0 Å². The van der Waals surface area contributed by atoms with Crippen LogP contribution in [-0.2, 0) is 19.1 Å². The number of benzene rings is 1. The van der Waals surface area contributed by atoms with Crippen molar-refractivity contribution in [1.82, 2.24) is 30.8 Å². The Morgan fingerprint density at radius 2 is 2.12 bits per heavy atom. The van der Waals surface area contributed by atoms with Gasteiger partial charge in [0.2, 0.25) is 5.16 Å². The predicted molar refractivity (Wildman–Crippen MR) is 117 cm³/mol. The van der Waals surface area contributed by atoms with Gasteiger partial charge in [0.05, 0.1) is 0 Å². The van der Waals surface area contributed by atoms with Crippen molar-refractivity contribution in [2.24, 2.45) is 0 Å². The van der Waals surface area contributed by atoms with E-state index in [9.17, 15) is 24.6 Å². The van der Waals surface area contributed by atoms with Gasteiger partial charge in [0.25, 0.3) is 17.5 Å². The molecule has 2 aliphatic heterocycles. The molecule has 174 valence electrons. The first-order valence-electron chi connectivity index (χ1n) is 9.72. The van der Waals surface area contributed by atoms with Gasteiger partial charge in [-0.1, -0.05) is 42.1 Å². The van der Waals surface area contributed by atoms with Gasteiger partial charge in [0.15, 0.2) is 6.10 Å². The Balaban J connectivity index is 1.58. The number of aliphatic hydroxyl groups is 1. The van der Waals surface area contributed by atoms with Crippen LogP contribution in [0.25, 0.3) is 0 Å². The summed E-state index contributed by atoms with van der Waals surface area (Å²) < 4.78 is 5.41. The molecule has 4 rings (SSSR count). The molecular weight excluding hydrogens is 472 g/mol. The maximum absolute atomic E-state index is 13.2. The van der Waals surface area contributed by atoms with Crippen LogP contribution in [0.3, 0.4) is 0 Å². The Bertz CT molecular complexity index is 1100. The second-order valence-corrected chi connectivity index (χ2v) is 9.59. The zero-order valence-electron chi connectivity index (χ0n) is 17.5. The van der Waals surface area contributed by atoms with Crippen LogP contribution < -0.4 is 5.32 Å². The molecule has 2 aromatic rings. The third kappa shape index (κ3) is 3.99. The molecule has 1 saturated heterocycles. The highest BCUT2D eigenvalue weighted by Gasteiger charge is 2.67. The molecule has 1 aromatic heterocycles. The minimum Gasteiger partial charge on any atom is -0.477 e. The molecule has 2 amide bonds. The molecule has 0 saturated carbocycles. The Morgan fingerprint density at radius 1 is 1.39 bits per heavy atom. The Hall–Kier alpha value is -2.94. The van der Waals surface area contributed by atoms with Crippen molar-refractivity contribution >= 4 is 41.3 Å². The molecule has 33 heavy (non-hydrogen) atoms. The van der Waals surface area contributed by atoms with E-state index in [1.54, 1.807) is 37.3 Å². The van der Waals surface area contributed by atoms with Crippen LogP contribution in [0, 0.1) is 0 Å². The molecule has 4 N–H and O–H groups in total. The number of fused-ring (bicyclic) bond motifs is 1. The number of nitrogens with zero attached hydrogens (tertiary/aromatic N) is 4. The number of carbonyl (C=O) groups is 3. The minimum atomic E-state index is -1.80. The quantitative estimate of drug-likeness (QED) is 0.224. The highest BCUT2D eigenvalue weighted by Crippen LogP contribution is 2.48. The predicted octanol–water partition coefficient (Wildman–Crippen LogP) is 0.127. The molecule has 12 nitrogen and oxygen atoms in total. The summed E-state index contributed by atoms with van der Waals surface area (Å²) >= 11 is 2.45. The van der Waals surface area contributed by atoms with Gasteiger partial charge in [-0.2, -0.15) is 5.21 Å². The summed E-state index contributed by atoms with van der Waals surface area (Å²) in [6.45, 7) is 1.78. The zero-order valence-corrected chi connectivity index (χ0v) is 19.1. The van der Waals surface area contributed by atoms with Crippen LogP contribution in [0.5, 0.6) is 0 Å². The van der Waals surface area contributed by atoms with Crippen LogP contribution in [0.15, 0.2) is 46.8 Å². The number of aliphatic carboxylic acids is 1. The van der Waals surface area contributed by atoms with Crippen LogP contribution in [0.4, 0.5) is 0 Å². The molecule has 4 atom stereocenters. The Kier molecular flexibility index (Phi) is 6.43. The highest BCUT2D eigenvalue weighted by molar-refractivity contribution is 8.01. The van der Waals surface area contributed by atoms with E-state index in [1.165, 1.54) is 30.6 Å². The maximum Gasteiger partial charge on any atom is 0.352 e. The molecule has 3 heterocycles. The molecule has 1 fully saturated rings. The van der Waals surface area contributed by atoms with Crippen molar-refractivity contribution in [2.45, 2.75) is 34.5 Å². The molecule has 0 spiro atoms. The number of rotatable bonds is 8. The number of ether oxygens (including phenoxy) is 1. The first kappa shape index (κ1) is 23.2. The van der Waals surface area contributed by atoms with Crippen molar-refractivity contribution in [1.29, 1.82) is 0 Å². The molecule has 0 bridgehead atoms. The number of aliphatic hydroxyl groups excluding tert-OH is 1. The number of hydrogen-bond donors (Lipinski definition) is 4. The van der Waals surface area contributed by atoms with Gasteiger partial charge in [0.1, 0.15) is 11.1 Å². The third-order valence-electron chi connectivity index (χ3n) is 5.36. The number of aromatic nitrogens is 4. The summed E-state index contributed by atoms with van der Waals surface area (Å²) in [4.78, 5) is 39.2. The van der Waals surface area contributed by atoms with Crippen LogP contribution >= 0.6 is 23.5 Å². The number of amides is 2. The fourth-order valence-corrected chi connectivity index (χ4v) is 6.19. The Labute approximate surface area is 196 Å². The van der Waals surface area contributed by atoms with Gasteiger partial charge >= 0.3 is 5.97 Å². The number of hydrogen-bond acceptors (Lipinski definition) is 10. The van der Waals surface area contributed by atoms with Crippen molar-refractivity contribution in [3.8, 4) is 0 Å². The maximum atomic E-state index is 13.2. The van der Waals surface area contributed by atoms with E-state index < -0.39 is 35.0 Å².